The van der Waals surface area contributed by atoms with E-state index >= 15 is 0 Å². The summed E-state index contributed by atoms with van der Waals surface area (Å²) >= 11 is 12.8. The van der Waals surface area contributed by atoms with Crippen LogP contribution in [0.25, 0.3) is 0 Å². The van der Waals surface area contributed by atoms with Crippen molar-refractivity contribution in [1.82, 2.24) is 10.0 Å². The van der Waals surface area contributed by atoms with Crippen molar-refractivity contribution < 1.29 is 31.9 Å². The van der Waals surface area contributed by atoms with Gasteiger partial charge in [-0.25, -0.2) is 17.5 Å². The van der Waals surface area contributed by atoms with Crippen LogP contribution < -0.4 is 20.1 Å². The van der Waals surface area contributed by atoms with Gasteiger partial charge < -0.3 is 15.4 Å². The Bertz CT molecular complexity index is 1820. The number of carbonyl (C=O) groups is 3. The van der Waals surface area contributed by atoms with Crippen LogP contribution in [0.5, 0.6) is 5.75 Å². The van der Waals surface area contributed by atoms with Crippen LogP contribution in [-0.4, -0.2) is 37.5 Å². The number of piperidine rings is 1. The van der Waals surface area contributed by atoms with E-state index in [0.717, 1.165) is 0 Å². The van der Waals surface area contributed by atoms with E-state index in [1.165, 1.54) is 45.0 Å². The number of hydrogen-bond donors (Lipinski definition) is 3. The molecule has 2 aliphatic rings. The number of ether oxygens (including phenoxy) is 1. The summed E-state index contributed by atoms with van der Waals surface area (Å²) in [6.45, 7) is 5.94. The second-order valence-electron chi connectivity index (χ2n) is 11.4. The van der Waals surface area contributed by atoms with Crippen molar-refractivity contribution in [2.24, 2.45) is 0 Å². The smallest absolute Gasteiger partial charge is 0.277 e. The first kappa shape index (κ1) is 31.7. The highest BCUT2D eigenvalue weighted by Gasteiger charge is 2.62. The van der Waals surface area contributed by atoms with Crippen molar-refractivity contribution in [3.8, 4) is 5.75 Å². The molecule has 0 radical (unpaired) electrons. The van der Waals surface area contributed by atoms with Gasteiger partial charge >= 0.3 is 0 Å². The Morgan fingerprint density at radius 1 is 1.07 bits per heavy atom. The highest BCUT2D eigenvalue weighted by molar-refractivity contribution is 7.90. The fourth-order valence-corrected chi connectivity index (χ4v) is 7.01. The van der Waals surface area contributed by atoms with E-state index in [1.807, 2.05) is 4.72 Å². The molecule has 2 heterocycles. The molecule has 3 N–H and O–H groups in total. The van der Waals surface area contributed by atoms with Crippen molar-refractivity contribution in [2.75, 3.05) is 11.1 Å². The van der Waals surface area contributed by atoms with E-state index in [-0.39, 0.29) is 22.9 Å². The molecule has 3 aromatic carbocycles. The standard InChI is InChI=1S/C31H30Cl2FN3O6S/c1-5-44(41,42)37-28(39)30(3,4)43-25-11-8-17(32)12-21(25)23-15-26(38)36-27(20-14-19(34)9-6-16(20)2)31(23)22-10-7-18(33)13-24(22)35-29(31)40/h6-14,23,27H,5,15H2,1-4H3,(H,35,40)(H,36,38)(H,37,39)/t23-,27+,31-/m1/s1. The molecule has 232 valence electrons. The minimum atomic E-state index is -3.89. The summed E-state index contributed by atoms with van der Waals surface area (Å²) in [5, 5.41) is 6.49. The van der Waals surface area contributed by atoms with Gasteiger partial charge in [-0.05, 0) is 86.8 Å². The third-order valence-electron chi connectivity index (χ3n) is 8.19. The number of sulfonamides is 1. The maximum atomic E-state index is 14.7. The largest absolute Gasteiger partial charge is 0.478 e. The van der Waals surface area contributed by atoms with Crippen LogP contribution in [0.4, 0.5) is 10.1 Å². The van der Waals surface area contributed by atoms with Gasteiger partial charge in [-0.3, -0.25) is 14.4 Å². The van der Waals surface area contributed by atoms with Crippen LogP contribution >= 0.6 is 23.2 Å². The summed E-state index contributed by atoms with van der Waals surface area (Å²) in [6.07, 6.45) is -0.201. The lowest BCUT2D eigenvalue weighted by atomic mass is 9.59. The number of benzene rings is 3. The zero-order chi connectivity index (χ0) is 32.2. The zero-order valence-corrected chi connectivity index (χ0v) is 26.6. The van der Waals surface area contributed by atoms with E-state index in [2.05, 4.69) is 10.6 Å². The van der Waals surface area contributed by atoms with E-state index < -0.39 is 56.5 Å². The fourth-order valence-electron chi connectivity index (χ4n) is 5.99. The second-order valence-corrected chi connectivity index (χ2v) is 14.3. The Kier molecular flexibility index (Phi) is 8.19. The summed E-state index contributed by atoms with van der Waals surface area (Å²) in [7, 11) is -3.89. The van der Waals surface area contributed by atoms with E-state index in [9.17, 15) is 27.2 Å². The SMILES string of the molecule is CCS(=O)(=O)NC(=O)C(C)(C)Oc1ccc(Cl)cc1[C@H]1CC(=O)N[C@@H](c2cc(F)ccc2C)[C@]12C(=O)Nc1cc(Cl)ccc12. The van der Waals surface area contributed by atoms with Gasteiger partial charge in [0, 0.05) is 33.6 Å². The first-order chi connectivity index (χ1) is 20.6. The van der Waals surface area contributed by atoms with E-state index in [4.69, 9.17) is 27.9 Å². The van der Waals surface area contributed by atoms with Gasteiger partial charge in [0.15, 0.2) is 5.60 Å². The highest BCUT2D eigenvalue weighted by Crippen LogP contribution is 2.59. The topological polar surface area (TPSA) is 131 Å². The molecule has 3 amide bonds. The number of halogens is 3. The number of hydrogen-bond acceptors (Lipinski definition) is 6. The summed E-state index contributed by atoms with van der Waals surface area (Å²) < 4.78 is 47.2. The molecule has 1 saturated heterocycles. The fraction of sp³-hybridized carbons (Fsp3) is 0.323. The number of fused-ring (bicyclic) bond motifs is 2. The summed E-state index contributed by atoms with van der Waals surface area (Å²) in [5.74, 6) is -3.51. The summed E-state index contributed by atoms with van der Waals surface area (Å²) in [5.41, 5.74) is -0.952. The third-order valence-corrected chi connectivity index (χ3v) is 9.92. The molecule has 0 unspecified atom stereocenters. The Morgan fingerprint density at radius 2 is 1.75 bits per heavy atom. The molecule has 1 spiro atoms. The maximum absolute atomic E-state index is 14.7. The van der Waals surface area contributed by atoms with Crippen LogP contribution in [0.15, 0.2) is 54.6 Å². The van der Waals surface area contributed by atoms with Crippen LogP contribution in [-0.2, 0) is 29.8 Å². The minimum absolute atomic E-state index is 0.104. The lowest BCUT2D eigenvalue weighted by Crippen LogP contribution is -2.57. The van der Waals surface area contributed by atoms with Gasteiger partial charge in [-0.1, -0.05) is 35.3 Å². The number of amides is 3. The molecule has 3 atom stereocenters. The van der Waals surface area contributed by atoms with Gasteiger partial charge in [0.2, 0.25) is 21.8 Å². The predicted octanol–water partition coefficient (Wildman–Crippen LogP) is 5.30. The van der Waals surface area contributed by atoms with Gasteiger partial charge in [-0.2, -0.15) is 0 Å². The van der Waals surface area contributed by atoms with Crippen LogP contribution in [0, 0.1) is 12.7 Å². The molecule has 0 aromatic heterocycles. The molecular formula is C31H30Cl2FN3O6S. The molecule has 1 fully saturated rings. The highest BCUT2D eigenvalue weighted by atomic mass is 35.5. The molecule has 2 aliphatic heterocycles. The normalized spacial score (nSPS) is 21.4. The van der Waals surface area contributed by atoms with Gasteiger partial charge in [0.05, 0.1) is 11.8 Å². The van der Waals surface area contributed by atoms with Gasteiger partial charge in [0.1, 0.15) is 17.0 Å². The van der Waals surface area contributed by atoms with Gasteiger partial charge in [0.25, 0.3) is 5.91 Å². The predicted molar refractivity (Wildman–Crippen MR) is 165 cm³/mol. The van der Waals surface area contributed by atoms with Gasteiger partial charge in [-0.15, -0.1) is 0 Å². The Hall–Kier alpha value is -3.67. The monoisotopic (exact) mass is 661 g/mol. The average Bonchev–Trinajstić information content (AvgIpc) is 3.22. The Balaban J connectivity index is 1.74. The lowest BCUT2D eigenvalue weighted by Gasteiger charge is -2.47. The quantitative estimate of drug-likeness (QED) is 0.315. The van der Waals surface area contributed by atoms with Crippen LogP contribution in [0.1, 0.15) is 61.4 Å². The molecule has 5 rings (SSSR count). The molecule has 9 nitrogen and oxygen atoms in total. The van der Waals surface area contributed by atoms with Crippen LogP contribution in [0.2, 0.25) is 10.0 Å². The minimum Gasteiger partial charge on any atom is -0.478 e. The first-order valence-electron chi connectivity index (χ1n) is 13.8. The Morgan fingerprint density at radius 3 is 2.45 bits per heavy atom. The summed E-state index contributed by atoms with van der Waals surface area (Å²) in [6, 6.07) is 12.6. The zero-order valence-electron chi connectivity index (χ0n) is 24.3. The number of rotatable bonds is 7. The first-order valence-corrected chi connectivity index (χ1v) is 16.2. The van der Waals surface area contributed by atoms with E-state index in [0.29, 0.717) is 33.0 Å². The number of aryl methyl sites for hydroxylation is 1. The Labute approximate surface area is 264 Å². The third kappa shape index (κ3) is 5.52. The molecular weight excluding hydrogens is 632 g/mol. The summed E-state index contributed by atoms with van der Waals surface area (Å²) in [4.78, 5) is 40.9. The van der Waals surface area contributed by atoms with Crippen molar-refractivity contribution in [3.05, 3.63) is 92.7 Å². The molecule has 3 aromatic rings. The van der Waals surface area contributed by atoms with Crippen LogP contribution in [0.3, 0.4) is 0 Å². The molecule has 0 bridgehead atoms. The van der Waals surface area contributed by atoms with Crippen molar-refractivity contribution in [1.29, 1.82) is 0 Å². The molecule has 0 aliphatic carbocycles. The molecule has 0 saturated carbocycles. The molecule has 13 heteroatoms. The molecule has 44 heavy (non-hydrogen) atoms. The number of nitrogens with one attached hydrogen (secondary N) is 3. The van der Waals surface area contributed by atoms with Crippen molar-refractivity contribution in [3.63, 3.8) is 0 Å². The van der Waals surface area contributed by atoms with Crippen molar-refractivity contribution in [2.45, 2.75) is 57.1 Å². The van der Waals surface area contributed by atoms with E-state index in [1.54, 1.807) is 37.3 Å². The maximum Gasteiger partial charge on any atom is 0.277 e. The number of anilines is 1. The van der Waals surface area contributed by atoms with Crippen molar-refractivity contribution >= 4 is 56.6 Å². The average molecular weight is 663 g/mol. The number of carbonyl (C=O) groups excluding carboxylic acids is 3. The second kappa shape index (κ2) is 11.4. The lowest BCUT2D eigenvalue weighted by molar-refractivity contribution is -0.133.